The third-order valence-electron chi connectivity index (χ3n) is 4.71. The molecular formula is C21H31NO2. The first-order valence-electron chi connectivity index (χ1n) is 9.37. The Kier molecular flexibility index (Phi) is 8.61. The normalized spacial score (nSPS) is 16.5. The SMILES string of the molecule is C=CCCCCC[C@@H](C(=O)OCc1ccccc1)N1CCCCC1. The molecule has 0 aromatic heterocycles. The molecule has 1 aliphatic rings. The predicted molar refractivity (Wildman–Crippen MR) is 98.7 cm³/mol. The minimum atomic E-state index is -0.0715. The molecule has 1 atom stereocenters. The van der Waals surface area contributed by atoms with E-state index in [1.807, 2.05) is 36.4 Å². The second-order valence-corrected chi connectivity index (χ2v) is 6.63. The van der Waals surface area contributed by atoms with Crippen LogP contribution >= 0.6 is 0 Å². The Morgan fingerprint density at radius 1 is 1.12 bits per heavy atom. The minimum absolute atomic E-state index is 0.0514. The Hall–Kier alpha value is -1.61. The van der Waals surface area contributed by atoms with Crippen LogP contribution in [0.15, 0.2) is 43.0 Å². The topological polar surface area (TPSA) is 29.5 Å². The number of hydrogen-bond donors (Lipinski definition) is 0. The molecule has 3 heteroatoms. The number of ether oxygens (including phenoxy) is 1. The van der Waals surface area contributed by atoms with Crippen molar-refractivity contribution in [3.05, 3.63) is 48.6 Å². The van der Waals surface area contributed by atoms with Crippen LogP contribution in [-0.2, 0) is 16.1 Å². The molecule has 1 saturated heterocycles. The molecule has 0 aliphatic carbocycles. The van der Waals surface area contributed by atoms with E-state index in [0.29, 0.717) is 6.61 Å². The highest BCUT2D eigenvalue weighted by Crippen LogP contribution is 2.19. The number of carbonyl (C=O) groups excluding carboxylic acids is 1. The van der Waals surface area contributed by atoms with Gasteiger partial charge in [0, 0.05) is 0 Å². The molecule has 132 valence electrons. The molecule has 0 radical (unpaired) electrons. The lowest BCUT2D eigenvalue weighted by Crippen LogP contribution is -2.44. The molecular weight excluding hydrogens is 298 g/mol. The van der Waals surface area contributed by atoms with Crippen molar-refractivity contribution in [1.82, 2.24) is 4.90 Å². The highest BCUT2D eigenvalue weighted by Gasteiger charge is 2.27. The van der Waals surface area contributed by atoms with Crippen molar-refractivity contribution < 1.29 is 9.53 Å². The Morgan fingerprint density at radius 3 is 2.58 bits per heavy atom. The fraction of sp³-hybridized carbons (Fsp3) is 0.571. The number of piperidine rings is 1. The van der Waals surface area contributed by atoms with Crippen molar-refractivity contribution in [2.75, 3.05) is 13.1 Å². The maximum absolute atomic E-state index is 12.7. The predicted octanol–water partition coefficient (Wildman–Crippen LogP) is 4.72. The van der Waals surface area contributed by atoms with Crippen LogP contribution in [0.5, 0.6) is 0 Å². The standard InChI is InChI=1S/C21H31NO2/c1-2-3-4-5-10-15-20(22-16-11-7-12-17-22)21(23)24-18-19-13-8-6-9-14-19/h2,6,8-9,13-14,20H,1,3-5,7,10-12,15-18H2/t20-/m0/s1. The van der Waals surface area contributed by atoms with Crippen LogP contribution in [0.25, 0.3) is 0 Å². The summed E-state index contributed by atoms with van der Waals surface area (Å²) in [6.45, 7) is 6.19. The van der Waals surface area contributed by atoms with Crippen molar-refractivity contribution in [2.24, 2.45) is 0 Å². The van der Waals surface area contributed by atoms with Crippen molar-refractivity contribution in [1.29, 1.82) is 0 Å². The van der Waals surface area contributed by atoms with Gasteiger partial charge in [0.1, 0.15) is 12.6 Å². The molecule has 0 N–H and O–H groups in total. The van der Waals surface area contributed by atoms with Gasteiger partial charge >= 0.3 is 5.97 Å². The van der Waals surface area contributed by atoms with E-state index in [1.165, 1.54) is 19.3 Å². The third kappa shape index (κ3) is 6.48. The number of hydrogen-bond acceptors (Lipinski definition) is 3. The number of benzene rings is 1. The van der Waals surface area contributed by atoms with Gasteiger partial charge in [-0.25, -0.2) is 0 Å². The van der Waals surface area contributed by atoms with Crippen LogP contribution in [0, 0.1) is 0 Å². The Labute approximate surface area is 146 Å². The molecule has 1 aliphatic heterocycles. The van der Waals surface area contributed by atoms with Crippen LogP contribution in [0.3, 0.4) is 0 Å². The van der Waals surface area contributed by atoms with E-state index in [4.69, 9.17) is 4.74 Å². The van der Waals surface area contributed by atoms with Crippen LogP contribution in [-0.4, -0.2) is 30.0 Å². The summed E-state index contributed by atoms with van der Waals surface area (Å²) in [6.07, 6.45) is 11.0. The molecule has 0 amide bonds. The van der Waals surface area contributed by atoms with Gasteiger partial charge < -0.3 is 4.74 Å². The zero-order chi connectivity index (χ0) is 17.0. The summed E-state index contributed by atoms with van der Waals surface area (Å²) in [7, 11) is 0. The van der Waals surface area contributed by atoms with E-state index in [9.17, 15) is 4.79 Å². The molecule has 0 bridgehead atoms. The van der Waals surface area contributed by atoms with Gasteiger partial charge in [-0.15, -0.1) is 6.58 Å². The first kappa shape index (κ1) is 18.7. The van der Waals surface area contributed by atoms with E-state index in [-0.39, 0.29) is 12.0 Å². The number of allylic oxidation sites excluding steroid dienone is 1. The second-order valence-electron chi connectivity index (χ2n) is 6.63. The fourth-order valence-corrected chi connectivity index (χ4v) is 3.31. The van der Waals surface area contributed by atoms with E-state index in [2.05, 4.69) is 11.5 Å². The quantitative estimate of drug-likeness (QED) is 0.353. The zero-order valence-electron chi connectivity index (χ0n) is 14.8. The van der Waals surface area contributed by atoms with Gasteiger partial charge in [-0.05, 0) is 50.8 Å². The van der Waals surface area contributed by atoms with Crippen molar-refractivity contribution in [2.45, 2.75) is 64.0 Å². The molecule has 0 saturated carbocycles. The Balaban J connectivity index is 1.85. The molecule has 2 rings (SSSR count). The van der Waals surface area contributed by atoms with Gasteiger partial charge in [0.25, 0.3) is 0 Å². The van der Waals surface area contributed by atoms with Crippen molar-refractivity contribution >= 4 is 5.97 Å². The van der Waals surface area contributed by atoms with Crippen LogP contribution < -0.4 is 0 Å². The summed E-state index contributed by atoms with van der Waals surface area (Å²) in [5.41, 5.74) is 1.05. The maximum Gasteiger partial charge on any atom is 0.323 e. The molecule has 1 aromatic carbocycles. The third-order valence-corrected chi connectivity index (χ3v) is 4.71. The van der Waals surface area contributed by atoms with Gasteiger partial charge in [-0.3, -0.25) is 9.69 Å². The van der Waals surface area contributed by atoms with Crippen LogP contribution in [0.2, 0.25) is 0 Å². The highest BCUT2D eigenvalue weighted by atomic mass is 16.5. The first-order chi connectivity index (χ1) is 11.8. The molecule has 0 unspecified atom stereocenters. The number of nitrogens with zero attached hydrogens (tertiary/aromatic N) is 1. The number of unbranched alkanes of at least 4 members (excludes halogenated alkanes) is 3. The monoisotopic (exact) mass is 329 g/mol. The van der Waals surface area contributed by atoms with Gasteiger partial charge in [0.2, 0.25) is 0 Å². The van der Waals surface area contributed by atoms with Gasteiger partial charge in [-0.1, -0.05) is 55.7 Å². The highest BCUT2D eigenvalue weighted by molar-refractivity contribution is 5.75. The summed E-state index contributed by atoms with van der Waals surface area (Å²) in [5, 5.41) is 0. The summed E-state index contributed by atoms with van der Waals surface area (Å²) in [5.74, 6) is -0.0514. The van der Waals surface area contributed by atoms with E-state index in [1.54, 1.807) is 0 Å². The minimum Gasteiger partial charge on any atom is -0.460 e. The average molecular weight is 329 g/mol. The van der Waals surface area contributed by atoms with Crippen molar-refractivity contribution in [3.63, 3.8) is 0 Å². The largest absolute Gasteiger partial charge is 0.460 e. The van der Waals surface area contributed by atoms with E-state index in [0.717, 1.165) is 50.8 Å². The van der Waals surface area contributed by atoms with Crippen LogP contribution in [0.4, 0.5) is 0 Å². The maximum atomic E-state index is 12.7. The summed E-state index contributed by atoms with van der Waals surface area (Å²) in [4.78, 5) is 15.0. The van der Waals surface area contributed by atoms with E-state index < -0.39 is 0 Å². The molecule has 1 aromatic rings. The smallest absolute Gasteiger partial charge is 0.323 e. The van der Waals surface area contributed by atoms with E-state index >= 15 is 0 Å². The van der Waals surface area contributed by atoms with Crippen molar-refractivity contribution in [3.8, 4) is 0 Å². The summed E-state index contributed by atoms with van der Waals surface area (Å²) >= 11 is 0. The molecule has 1 fully saturated rings. The number of rotatable bonds is 10. The van der Waals surface area contributed by atoms with Gasteiger partial charge in [0.15, 0.2) is 0 Å². The van der Waals surface area contributed by atoms with Crippen LogP contribution in [0.1, 0.15) is 56.9 Å². The Morgan fingerprint density at radius 2 is 1.88 bits per heavy atom. The summed E-state index contributed by atoms with van der Waals surface area (Å²) < 4.78 is 5.62. The molecule has 0 spiro atoms. The summed E-state index contributed by atoms with van der Waals surface area (Å²) in [6, 6.07) is 9.86. The Bertz CT molecular complexity index is 480. The first-order valence-corrected chi connectivity index (χ1v) is 9.37. The average Bonchev–Trinajstić information content (AvgIpc) is 2.64. The fourth-order valence-electron chi connectivity index (χ4n) is 3.31. The number of esters is 1. The lowest BCUT2D eigenvalue weighted by atomic mass is 10.0. The lowest BCUT2D eigenvalue weighted by molar-refractivity contribution is -0.152. The number of carbonyl (C=O) groups is 1. The molecule has 24 heavy (non-hydrogen) atoms. The lowest BCUT2D eigenvalue weighted by Gasteiger charge is -2.33. The number of likely N-dealkylation sites (tertiary alicyclic amines) is 1. The zero-order valence-corrected chi connectivity index (χ0v) is 14.8. The van der Waals surface area contributed by atoms with Gasteiger partial charge in [-0.2, -0.15) is 0 Å². The molecule has 1 heterocycles. The van der Waals surface area contributed by atoms with Gasteiger partial charge in [0.05, 0.1) is 0 Å². The second kappa shape index (κ2) is 11.0. The molecule has 3 nitrogen and oxygen atoms in total.